The minimum Gasteiger partial charge on any atom is -0.476 e. The zero-order valence-electron chi connectivity index (χ0n) is 21.2. The molecule has 1 atom stereocenters. The molecule has 0 radical (unpaired) electrons. The maximum Gasteiger partial charge on any atom is 0.358 e. The Labute approximate surface area is 212 Å². The molecule has 11 nitrogen and oxygen atoms in total. The van der Waals surface area contributed by atoms with Gasteiger partial charge in [0.1, 0.15) is 16.6 Å². The lowest BCUT2D eigenvalue weighted by Gasteiger charge is -2.33. The number of hydrogen-bond acceptors (Lipinski definition) is 7. The number of nitrogens with zero attached hydrogens (tertiary/aromatic N) is 8. The molecule has 5 aromatic rings. The molecular weight excluding hydrogens is 472 g/mol. The Morgan fingerprint density at radius 1 is 1.14 bits per heavy atom. The van der Waals surface area contributed by atoms with Gasteiger partial charge in [-0.05, 0) is 55.9 Å². The summed E-state index contributed by atoms with van der Waals surface area (Å²) in [5.74, 6) is -0.865. The van der Waals surface area contributed by atoms with E-state index in [-0.39, 0.29) is 17.7 Å². The average Bonchev–Trinajstić information content (AvgIpc) is 3.52. The SMILES string of the molecule is Cc1ccncc1C(C1CCOCC1)n1c2cc(-c3c(C)nnn3C)cnc2c2c1c(C(=O)O)nn2C. The number of hydrogen-bond donors (Lipinski definition) is 1. The van der Waals surface area contributed by atoms with E-state index in [0.29, 0.717) is 29.8 Å². The highest BCUT2D eigenvalue weighted by molar-refractivity contribution is 6.11. The highest BCUT2D eigenvalue weighted by Crippen LogP contribution is 2.42. The average molecular weight is 501 g/mol. The number of carbonyl (C=O) groups is 1. The molecule has 0 spiro atoms. The first-order chi connectivity index (χ1) is 17.9. The first kappa shape index (κ1) is 23.3. The number of pyridine rings is 2. The summed E-state index contributed by atoms with van der Waals surface area (Å²) in [7, 11) is 3.62. The fraction of sp³-hybridized carbons (Fsp3) is 0.385. The van der Waals surface area contributed by atoms with Crippen molar-refractivity contribution in [2.75, 3.05) is 13.2 Å². The molecule has 1 aliphatic rings. The molecule has 0 bridgehead atoms. The molecular formula is C26H28N8O3. The quantitative estimate of drug-likeness (QED) is 0.389. The highest BCUT2D eigenvalue weighted by atomic mass is 16.5. The Morgan fingerprint density at radius 2 is 1.92 bits per heavy atom. The normalized spacial score (nSPS) is 15.6. The molecule has 1 saturated heterocycles. The van der Waals surface area contributed by atoms with E-state index in [1.807, 2.05) is 26.2 Å². The fourth-order valence-corrected chi connectivity index (χ4v) is 5.79. The smallest absolute Gasteiger partial charge is 0.358 e. The predicted octanol–water partition coefficient (Wildman–Crippen LogP) is 3.44. The zero-order valence-corrected chi connectivity index (χ0v) is 21.2. The predicted molar refractivity (Wildman–Crippen MR) is 136 cm³/mol. The van der Waals surface area contributed by atoms with Crippen LogP contribution in [0.2, 0.25) is 0 Å². The van der Waals surface area contributed by atoms with Crippen LogP contribution in [0.5, 0.6) is 0 Å². The molecule has 190 valence electrons. The summed E-state index contributed by atoms with van der Waals surface area (Å²) in [5.41, 5.74) is 7.47. The van der Waals surface area contributed by atoms with Gasteiger partial charge in [-0.2, -0.15) is 5.10 Å². The van der Waals surface area contributed by atoms with E-state index < -0.39 is 5.97 Å². The molecule has 37 heavy (non-hydrogen) atoms. The standard InChI is InChI=1S/C26H28N8O3/c1-14-5-8-27-13-18(14)23(16-6-9-37-10-7-16)34-19-11-17(22-15(2)29-31-33(22)4)12-28-20(19)24-25(34)21(26(35)36)30-32(24)3/h5,8,11-13,16,23H,6-7,9-10H2,1-4H3,(H,35,36). The van der Waals surface area contributed by atoms with Gasteiger partial charge in [-0.3, -0.25) is 14.6 Å². The Balaban J connectivity index is 1.74. The minimum atomic E-state index is -1.07. The molecule has 6 rings (SSSR count). The summed E-state index contributed by atoms with van der Waals surface area (Å²) >= 11 is 0. The minimum absolute atomic E-state index is 0.00836. The van der Waals surface area contributed by atoms with Crippen LogP contribution >= 0.6 is 0 Å². The van der Waals surface area contributed by atoms with Crippen LogP contribution in [0.15, 0.2) is 30.7 Å². The van der Waals surface area contributed by atoms with Crippen molar-refractivity contribution in [1.29, 1.82) is 0 Å². The molecule has 6 heterocycles. The third-order valence-corrected chi connectivity index (χ3v) is 7.47. The monoisotopic (exact) mass is 500 g/mol. The van der Waals surface area contributed by atoms with Gasteiger partial charge >= 0.3 is 5.97 Å². The number of carboxylic acid groups (broad SMARTS) is 1. The maximum absolute atomic E-state index is 12.4. The van der Waals surface area contributed by atoms with Gasteiger partial charge < -0.3 is 14.4 Å². The van der Waals surface area contributed by atoms with Crippen LogP contribution in [0.3, 0.4) is 0 Å². The van der Waals surface area contributed by atoms with Crippen molar-refractivity contribution in [1.82, 2.24) is 39.3 Å². The van der Waals surface area contributed by atoms with Crippen molar-refractivity contribution in [2.45, 2.75) is 32.7 Å². The fourth-order valence-electron chi connectivity index (χ4n) is 5.79. The van der Waals surface area contributed by atoms with E-state index in [1.165, 1.54) is 0 Å². The maximum atomic E-state index is 12.4. The van der Waals surface area contributed by atoms with Crippen molar-refractivity contribution in [2.24, 2.45) is 20.0 Å². The number of aryl methyl sites for hydroxylation is 4. The molecule has 1 N–H and O–H groups in total. The molecule has 1 fully saturated rings. The van der Waals surface area contributed by atoms with Gasteiger partial charge in [0.25, 0.3) is 0 Å². The van der Waals surface area contributed by atoms with E-state index in [2.05, 4.69) is 38.0 Å². The Kier molecular flexibility index (Phi) is 5.52. The summed E-state index contributed by atoms with van der Waals surface area (Å²) in [5, 5.41) is 23.0. The van der Waals surface area contributed by atoms with Gasteiger partial charge in [0.2, 0.25) is 0 Å². The number of fused-ring (bicyclic) bond motifs is 3. The summed E-state index contributed by atoms with van der Waals surface area (Å²) in [6, 6.07) is 3.89. The van der Waals surface area contributed by atoms with Gasteiger partial charge in [0.15, 0.2) is 5.69 Å². The second-order valence-electron chi connectivity index (χ2n) is 9.71. The van der Waals surface area contributed by atoms with E-state index in [9.17, 15) is 9.90 Å². The Morgan fingerprint density at radius 3 is 2.59 bits per heavy atom. The Bertz CT molecular complexity index is 1640. The summed E-state index contributed by atoms with van der Waals surface area (Å²) < 4.78 is 11.2. The van der Waals surface area contributed by atoms with Crippen molar-refractivity contribution in [3.05, 3.63) is 53.2 Å². The van der Waals surface area contributed by atoms with Gasteiger partial charge in [0, 0.05) is 51.5 Å². The lowest BCUT2D eigenvalue weighted by atomic mass is 9.85. The van der Waals surface area contributed by atoms with Crippen LogP contribution in [-0.4, -0.2) is 63.6 Å². The zero-order chi connectivity index (χ0) is 25.8. The third-order valence-electron chi connectivity index (χ3n) is 7.47. The number of aromatic nitrogens is 8. The number of rotatable bonds is 5. The van der Waals surface area contributed by atoms with Crippen LogP contribution < -0.4 is 0 Å². The molecule has 1 aliphatic heterocycles. The lowest BCUT2D eigenvalue weighted by molar-refractivity contribution is 0.0550. The molecule has 0 aliphatic carbocycles. The van der Waals surface area contributed by atoms with Crippen molar-refractivity contribution >= 4 is 28.0 Å². The Hall–Kier alpha value is -4.12. The van der Waals surface area contributed by atoms with Crippen LogP contribution in [-0.2, 0) is 18.8 Å². The molecule has 1 unspecified atom stereocenters. The van der Waals surface area contributed by atoms with Crippen molar-refractivity contribution in [3.63, 3.8) is 0 Å². The summed E-state index contributed by atoms with van der Waals surface area (Å²) in [4.78, 5) is 21.8. The van der Waals surface area contributed by atoms with E-state index in [4.69, 9.17) is 9.72 Å². The van der Waals surface area contributed by atoms with Crippen molar-refractivity contribution < 1.29 is 14.6 Å². The van der Waals surface area contributed by atoms with Crippen LogP contribution in [0, 0.1) is 19.8 Å². The molecule has 5 aromatic heterocycles. The molecule has 0 saturated carbocycles. The second-order valence-corrected chi connectivity index (χ2v) is 9.71. The molecule has 0 amide bonds. The van der Waals surface area contributed by atoms with Gasteiger partial charge in [-0.15, -0.1) is 5.10 Å². The molecule has 0 aromatic carbocycles. The summed E-state index contributed by atoms with van der Waals surface area (Å²) in [6.45, 7) is 5.30. The van der Waals surface area contributed by atoms with Crippen molar-refractivity contribution in [3.8, 4) is 11.3 Å². The first-order valence-corrected chi connectivity index (χ1v) is 12.3. The van der Waals surface area contributed by atoms with Gasteiger partial charge in [-0.25, -0.2) is 9.48 Å². The second kappa shape index (κ2) is 8.77. The van der Waals surface area contributed by atoms with E-state index in [1.54, 1.807) is 28.8 Å². The highest BCUT2D eigenvalue weighted by Gasteiger charge is 2.34. The van der Waals surface area contributed by atoms with E-state index in [0.717, 1.165) is 46.4 Å². The third kappa shape index (κ3) is 3.60. The van der Waals surface area contributed by atoms with Gasteiger partial charge in [0.05, 0.1) is 22.9 Å². The van der Waals surface area contributed by atoms with Crippen LogP contribution in [0.25, 0.3) is 33.3 Å². The van der Waals surface area contributed by atoms with Gasteiger partial charge in [-0.1, -0.05) is 5.21 Å². The number of carboxylic acids is 1. The lowest BCUT2D eigenvalue weighted by Crippen LogP contribution is -2.28. The van der Waals surface area contributed by atoms with E-state index >= 15 is 0 Å². The largest absolute Gasteiger partial charge is 0.476 e. The molecule has 11 heteroatoms. The first-order valence-electron chi connectivity index (χ1n) is 12.3. The van der Waals surface area contributed by atoms with Crippen LogP contribution in [0.1, 0.15) is 46.2 Å². The number of ether oxygens (including phenoxy) is 1. The summed E-state index contributed by atoms with van der Waals surface area (Å²) in [6.07, 6.45) is 7.18. The number of aromatic carboxylic acids is 1. The van der Waals surface area contributed by atoms with Crippen LogP contribution in [0.4, 0.5) is 0 Å². The topological polar surface area (TPSA) is 126 Å².